The Kier molecular flexibility index (Phi) is 6.68. The lowest BCUT2D eigenvalue weighted by atomic mass is 10.0. The van der Waals surface area contributed by atoms with Crippen molar-refractivity contribution in [1.82, 2.24) is 10.2 Å². The molecule has 2 aliphatic rings. The average Bonchev–Trinajstić information content (AvgIpc) is 2.88. The van der Waals surface area contributed by atoms with Crippen molar-refractivity contribution in [3.63, 3.8) is 0 Å². The summed E-state index contributed by atoms with van der Waals surface area (Å²) >= 11 is 1.53. The largest absolute Gasteiger partial charge is 0.448 e. The van der Waals surface area contributed by atoms with Gasteiger partial charge in [0.2, 0.25) is 11.8 Å². The highest BCUT2D eigenvalue weighted by atomic mass is 32.2. The minimum absolute atomic E-state index is 0.119. The molecule has 5 rings (SSSR count). The minimum atomic E-state index is -0.650. The maximum Gasteiger partial charge on any atom is 0.357 e. The number of carbonyl (C=O) groups excluding carboxylic acids is 3. The van der Waals surface area contributed by atoms with Crippen molar-refractivity contribution in [2.45, 2.75) is 24.3 Å². The van der Waals surface area contributed by atoms with Gasteiger partial charge in [0.15, 0.2) is 11.8 Å². The third-order valence-electron chi connectivity index (χ3n) is 5.97. The van der Waals surface area contributed by atoms with Crippen LogP contribution in [0.15, 0.2) is 102 Å². The molecular weight excluding hydrogens is 460 g/mol. The van der Waals surface area contributed by atoms with Gasteiger partial charge in [-0.25, -0.2) is 4.79 Å². The second kappa shape index (κ2) is 10.2. The van der Waals surface area contributed by atoms with E-state index in [2.05, 4.69) is 5.32 Å². The summed E-state index contributed by atoms with van der Waals surface area (Å²) in [6.45, 7) is 0. The number of benzene rings is 3. The molecule has 3 aromatic carbocycles. The molecule has 1 fully saturated rings. The molecule has 0 aliphatic carbocycles. The number of esters is 1. The Bertz CT molecular complexity index is 1220. The Morgan fingerprint density at radius 1 is 0.914 bits per heavy atom. The van der Waals surface area contributed by atoms with Gasteiger partial charge in [-0.05, 0) is 16.7 Å². The highest BCUT2D eigenvalue weighted by Gasteiger charge is 2.46. The topological polar surface area (TPSA) is 75.7 Å². The van der Waals surface area contributed by atoms with Gasteiger partial charge in [-0.2, -0.15) is 0 Å². The van der Waals surface area contributed by atoms with Crippen LogP contribution in [-0.2, 0) is 25.5 Å². The Labute approximate surface area is 208 Å². The number of fused-ring (bicyclic) bond motifs is 1. The quantitative estimate of drug-likeness (QED) is 0.402. The van der Waals surface area contributed by atoms with E-state index in [1.54, 1.807) is 0 Å². The SMILES string of the molecule is O=C(Cc1ccccc1)NC1=C(C(=O)OC(c2ccccc2)c2ccccc2)N2C(=O)C[C@H]2SC1. The van der Waals surface area contributed by atoms with Gasteiger partial charge in [0.05, 0.1) is 23.9 Å². The van der Waals surface area contributed by atoms with Gasteiger partial charge in [0.25, 0.3) is 0 Å². The molecular formula is C28H24N2O4S. The second-order valence-electron chi connectivity index (χ2n) is 8.38. The van der Waals surface area contributed by atoms with Crippen molar-refractivity contribution in [2.24, 2.45) is 0 Å². The van der Waals surface area contributed by atoms with E-state index in [9.17, 15) is 14.4 Å². The molecule has 0 aromatic heterocycles. The second-order valence-corrected chi connectivity index (χ2v) is 9.54. The van der Waals surface area contributed by atoms with E-state index in [0.29, 0.717) is 17.9 Å². The van der Waals surface area contributed by atoms with Crippen molar-refractivity contribution in [3.8, 4) is 0 Å². The van der Waals surface area contributed by atoms with Crippen LogP contribution in [0.4, 0.5) is 0 Å². The molecule has 0 bridgehead atoms. The van der Waals surface area contributed by atoms with Crippen LogP contribution in [-0.4, -0.2) is 33.8 Å². The third kappa shape index (κ3) is 5.00. The summed E-state index contributed by atoms with van der Waals surface area (Å²) in [5.41, 5.74) is 3.04. The smallest absolute Gasteiger partial charge is 0.357 e. The van der Waals surface area contributed by atoms with Crippen LogP contribution in [0.5, 0.6) is 0 Å². The van der Waals surface area contributed by atoms with Crippen LogP contribution in [0.2, 0.25) is 0 Å². The van der Waals surface area contributed by atoms with Crippen molar-refractivity contribution in [2.75, 3.05) is 5.75 Å². The standard InChI is InChI=1S/C28H24N2O4S/c31-23(16-19-10-4-1-5-11-19)29-22-18-35-25-17-24(32)30(25)26(22)28(33)34-27(20-12-6-2-7-13-20)21-14-8-3-9-15-21/h1-15,25,27H,16-18H2,(H,29,31)/t25-/m1/s1. The molecule has 2 amide bonds. The lowest BCUT2D eigenvalue weighted by Gasteiger charge is -2.44. The molecule has 1 saturated heterocycles. The van der Waals surface area contributed by atoms with E-state index in [1.807, 2.05) is 91.0 Å². The predicted octanol–water partition coefficient (Wildman–Crippen LogP) is 4.19. The molecule has 1 atom stereocenters. The van der Waals surface area contributed by atoms with E-state index < -0.39 is 12.1 Å². The Balaban J connectivity index is 1.44. The zero-order valence-electron chi connectivity index (χ0n) is 18.9. The van der Waals surface area contributed by atoms with E-state index in [1.165, 1.54) is 16.7 Å². The number of nitrogens with one attached hydrogen (secondary N) is 1. The monoisotopic (exact) mass is 484 g/mol. The number of rotatable bonds is 7. The zero-order chi connectivity index (χ0) is 24.2. The van der Waals surface area contributed by atoms with Crippen molar-refractivity contribution < 1.29 is 19.1 Å². The molecule has 176 valence electrons. The van der Waals surface area contributed by atoms with Gasteiger partial charge in [0.1, 0.15) is 0 Å². The fourth-order valence-electron chi connectivity index (χ4n) is 4.24. The molecule has 6 nitrogen and oxygen atoms in total. The van der Waals surface area contributed by atoms with Crippen LogP contribution in [0.25, 0.3) is 0 Å². The highest BCUT2D eigenvalue weighted by molar-refractivity contribution is 8.00. The van der Waals surface area contributed by atoms with Gasteiger partial charge in [0, 0.05) is 5.75 Å². The molecule has 7 heteroatoms. The fraction of sp³-hybridized carbons (Fsp3) is 0.179. The summed E-state index contributed by atoms with van der Waals surface area (Å²) in [5, 5.41) is 2.76. The number of β-lactam (4-membered cyclic amide) rings is 1. The van der Waals surface area contributed by atoms with Crippen molar-refractivity contribution in [1.29, 1.82) is 0 Å². The normalized spacial score (nSPS) is 17.0. The van der Waals surface area contributed by atoms with Gasteiger partial charge < -0.3 is 10.1 Å². The molecule has 1 N–H and O–H groups in total. The number of carbonyl (C=O) groups is 3. The van der Waals surface area contributed by atoms with Crippen molar-refractivity contribution in [3.05, 3.63) is 119 Å². The summed E-state index contributed by atoms with van der Waals surface area (Å²) in [5.74, 6) is -0.608. The fourth-order valence-corrected chi connectivity index (χ4v) is 5.44. The van der Waals surface area contributed by atoms with Crippen LogP contribution in [0, 0.1) is 0 Å². The Hall–Kier alpha value is -3.84. The zero-order valence-corrected chi connectivity index (χ0v) is 19.7. The van der Waals surface area contributed by atoms with Gasteiger partial charge >= 0.3 is 5.97 Å². The molecule has 2 aliphatic heterocycles. The number of hydrogen-bond acceptors (Lipinski definition) is 5. The van der Waals surface area contributed by atoms with Gasteiger partial charge in [-0.15, -0.1) is 11.8 Å². The number of nitrogens with zero attached hydrogens (tertiary/aromatic N) is 1. The first kappa shape index (κ1) is 22.9. The minimum Gasteiger partial charge on any atom is -0.448 e. The van der Waals surface area contributed by atoms with Crippen LogP contribution in [0.3, 0.4) is 0 Å². The lowest BCUT2D eigenvalue weighted by Crippen LogP contribution is -2.55. The molecule has 0 saturated carbocycles. The van der Waals surface area contributed by atoms with E-state index >= 15 is 0 Å². The van der Waals surface area contributed by atoms with E-state index in [4.69, 9.17) is 4.74 Å². The molecule has 0 unspecified atom stereocenters. The average molecular weight is 485 g/mol. The van der Waals surface area contributed by atoms with Crippen LogP contribution >= 0.6 is 11.8 Å². The first-order valence-electron chi connectivity index (χ1n) is 11.4. The number of hydrogen-bond donors (Lipinski definition) is 1. The molecule has 0 radical (unpaired) electrons. The maximum atomic E-state index is 13.6. The van der Waals surface area contributed by atoms with Gasteiger partial charge in [-0.1, -0.05) is 91.0 Å². The van der Waals surface area contributed by atoms with Crippen molar-refractivity contribution >= 4 is 29.5 Å². The molecule has 35 heavy (non-hydrogen) atoms. The predicted molar refractivity (Wildman–Crippen MR) is 134 cm³/mol. The summed E-state index contributed by atoms with van der Waals surface area (Å²) in [6.07, 6.45) is -0.109. The first-order valence-corrected chi connectivity index (χ1v) is 12.5. The van der Waals surface area contributed by atoms with Gasteiger partial charge in [-0.3, -0.25) is 14.5 Å². The molecule has 3 aromatic rings. The third-order valence-corrected chi connectivity index (χ3v) is 7.19. The van der Waals surface area contributed by atoms with Crippen LogP contribution < -0.4 is 5.32 Å². The first-order chi connectivity index (χ1) is 17.1. The lowest BCUT2D eigenvalue weighted by molar-refractivity contribution is -0.152. The number of amides is 2. The van der Waals surface area contributed by atoms with Crippen LogP contribution in [0.1, 0.15) is 29.2 Å². The number of ether oxygens (including phenoxy) is 1. The summed E-state index contributed by atoms with van der Waals surface area (Å²) in [7, 11) is 0. The highest BCUT2D eigenvalue weighted by Crippen LogP contribution is 2.40. The maximum absolute atomic E-state index is 13.6. The summed E-state index contributed by atoms with van der Waals surface area (Å²) in [4.78, 5) is 40.3. The Morgan fingerprint density at radius 3 is 2.06 bits per heavy atom. The Morgan fingerprint density at radius 2 is 1.49 bits per heavy atom. The van der Waals surface area contributed by atoms with E-state index in [-0.39, 0.29) is 29.3 Å². The molecule has 0 spiro atoms. The summed E-state index contributed by atoms with van der Waals surface area (Å²) < 4.78 is 6.04. The van der Waals surface area contributed by atoms with E-state index in [0.717, 1.165) is 16.7 Å². The number of thioether (sulfide) groups is 1. The summed E-state index contributed by atoms with van der Waals surface area (Å²) in [6, 6.07) is 28.3. The molecule has 2 heterocycles.